The molecule has 128 valence electrons. The lowest BCUT2D eigenvalue weighted by Gasteiger charge is -2.49. The summed E-state index contributed by atoms with van der Waals surface area (Å²) in [5.41, 5.74) is -0.0852. The largest absolute Gasteiger partial charge is 0.465 e. The Morgan fingerprint density at radius 1 is 1.23 bits per heavy atom. The van der Waals surface area contributed by atoms with Gasteiger partial charge in [0.2, 0.25) is 0 Å². The normalized spacial score (nSPS) is 25.8. The second-order valence-electron chi connectivity index (χ2n) is 7.88. The second-order valence-corrected chi connectivity index (χ2v) is 7.88. The number of amides is 1. The molecule has 0 saturated carbocycles. The van der Waals surface area contributed by atoms with Crippen molar-refractivity contribution >= 4 is 6.09 Å². The Morgan fingerprint density at radius 3 is 2.27 bits per heavy atom. The van der Waals surface area contributed by atoms with E-state index in [1.165, 1.54) is 0 Å². The number of carboxylic acid groups (broad SMARTS) is 1. The van der Waals surface area contributed by atoms with Crippen LogP contribution in [0.15, 0.2) is 0 Å². The number of nitrogens with zero attached hydrogens (tertiary/aromatic N) is 2. The molecule has 0 aliphatic carbocycles. The number of ether oxygens (including phenoxy) is 1. The third kappa shape index (κ3) is 4.83. The van der Waals surface area contributed by atoms with Crippen molar-refractivity contribution < 1.29 is 14.6 Å². The molecular formula is C16H31N3O3. The predicted molar refractivity (Wildman–Crippen MR) is 86.3 cm³/mol. The maximum absolute atomic E-state index is 11.8. The van der Waals surface area contributed by atoms with Crippen LogP contribution in [-0.2, 0) is 4.74 Å². The first-order chi connectivity index (χ1) is 10.2. The van der Waals surface area contributed by atoms with Crippen molar-refractivity contribution in [2.75, 3.05) is 39.4 Å². The molecule has 6 nitrogen and oxygen atoms in total. The summed E-state index contributed by atoms with van der Waals surface area (Å²) in [6.45, 7) is 13.3. The first-order valence-corrected chi connectivity index (χ1v) is 8.28. The highest BCUT2D eigenvalue weighted by Gasteiger charge is 2.41. The lowest BCUT2D eigenvalue weighted by Crippen LogP contribution is -2.63. The minimum absolute atomic E-state index is 0.0426. The molecule has 0 unspecified atom stereocenters. The fraction of sp³-hybridized carbons (Fsp3) is 0.938. The van der Waals surface area contributed by atoms with E-state index in [-0.39, 0.29) is 17.1 Å². The van der Waals surface area contributed by atoms with E-state index in [4.69, 9.17) is 4.74 Å². The van der Waals surface area contributed by atoms with Gasteiger partial charge in [0.25, 0.3) is 0 Å². The van der Waals surface area contributed by atoms with Crippen LogP contribution in [0.2, 0.25) is 0 Å². The van der Waals surface area contributed by atoms with E-state index < -0.39 is 6.09 Å². The van der Waals surface area contributed by atoms with Crippen LogP contribution >= 0.6 is 0 Å². The number of rotatable bonds is 4. The number of hydrogen-bond acceptors (Lipinski definition) is 4. The van der Waals surface area contributed by atoms with Crippen LogP contribution in [0.25, 0.3) is 0 Å². The molecule has 2 aliphatic heterocycles. The summed E-state index contributed by atoms with van der Waals surface area (Å²) in [5.74, 6) is 0. The van der Waals surface area contributed by atoms with Crippen molar-refractivity contribution in [1.82, 2.24) is 15.1 Å². The Labute approximate surface area is 133 Å². The van der Waals surface area contributed by atoms with E-state index in [1.54, 1.807) is 4.90 Å². The van der Waals surface area contributed by atoms with Gasteiger partial charge in [-0.25, -0.2) is 4.79 Å². The minimum Gasteiger partial charge on any atom is -0.465 e. The summed E-state index contributed by atoms with van der Waals surface area (Å²) >= 11 is 0. The topological polar surface area (TPSA) is 65.0 Å². The number of nitrogens with one attached hydrogen (secondary N) is 1. The van der Waals surface area contributed by atoms with Crippen LogP contribution in [0.3, 0.4) is 0 Å². The first kappa shape index (κ1) is 17.5. The number of morpholine rings is 1. The summed E-state index contributed by atoms with van der Waals surface area (Å²) in [6.07, 6.45) is 0.907. The lowest BCUT2D eigenvalue weighted by molar-refractivity contribution is 0.0234. The fourth-order valence-corrected chi connectivity index (χ4v) is 4.00. The minimum atomic E-state index is -0.799. The summed E-state index contributed by atoms with van der Waals surface area (Å²) < 4.78 is 5.35. The predicted octanol–water partition coefficient (Wildman–Crippen LogP) is 1.61. The molecule has 2 aliphatic rings. The maximum Gasteiger partial charge on any atom is 0.407 e. The third-order valence-corrected chi connectivity index (χ3v) is 4.62. The van der Waals surface area contributed by atoms with Crippen molar-refractivity contribution in [3.63, 3.8) is 0 Å². The summed E-state index contributed by atoms with van der Waals surface area (Å²) in [7, 11) is 0. The van der Waals surface area contributed by atoms with Crippen molar-refractivity contribution in [2.24, 2.45) is 0 Å². The van der Waals surface area contributed by atoms with E-state index in [0.29, 0.717) is 6.54 Å². The molecule has 22 heavy (non-hydrogen) atoms. The van der Waals surface area contributed by atoms with Crippen molar-refractivity contribution in [1.29, 1.82) is 0 Å². The molecular weight excluding hydrogens is 282 g/mol. The summed E-state index contributed by atoms with van der Waals surface area (Å²) in [4.78, 5) is 15.7. The van der Waals surface area contributed by atoms with Gasteiger partial charge in [-0.3, -0.25) is 4.90 Å². The van der Waals surface area contributed by atoms with Crippen LogP contribution in [0.1, 0.15) is 40.5 Å². The van der Waals surface area contributed by atoms with Crippen molar-refractivity contribution in [2.45, 2.75) is 57.7 Å². The molecule has 0 atom stereocenters. The second kappa shape index (κ2) is 6.72. The van der Waals surface area contributed by atoms with E-state index in [2.05, 4.69) is 37.9 Å². The highest BCUT2D eigenvalue weighted by atomic mass is 16.5. The molecule has 2 N–H and O–H groups in total. The van der Waals surface area contributed by atoms with Gasteiger partial charge in [-0.15, -0.1) is 0 Å². The number of hydrogen-bond donors (Lipinski definition) is 2. The highest BCUT2D eigenvalue weighted by molar-refractivity contribution is 5.65. The molecule has 2 saturated heterocycles. The fourth-order valence-electron chi connectivity index (χ4n) is 4.00. The van der Waals surface area contributed by atoms with Crippen LogP contribution in [-0.4, -0.2) is 77.5 Å². The van der Waals surface area contributed by atoms with E-state index >= 15 is 0 Å². The Balaban J connectivity index is 1.98. The van der Waals surface area contributed by atoms with Crippen LogP contribution in [0, 0.1) is 0 Å². The standard InChI is InChI=1S/C16H31N3O3/c1-15(2)11-13(12-16(3,4)17-15)19(14(20)21)6-5-18-7-9-22-10-8-18/h13,17H,5-12H2,1-4H3,(H,20,21). The summed E-state index contributed by atoms with van der Waals surface area (Å²) in [6, 6.07) is 0.0739. The van der Waals surface area contributed by atoms with Gasteiger partial charge < -0.3 is 20.1 Å². The van der Waals surface area contributed by atoms with Gasteiger partial charge in [0, 0.05) is 43.3 Å². The van der Waals surface area contributed by atoms with Crippen LogP contribution in [0.4, 0.5) is 4.79 Å². The van der Waals surface area contributed by atoms with E-state index in [1.807, 2.05) is 0 Å². The summed E-state index contributed by atoms with van der Waals surface area (Å²) in [5, 5.41) is 13.3. The molecule has 0 spiro atoms. The Bertz CT molecular complexity index is 376. The van der Waals surface area contributed by atoms with Crippen molar-refractivity contribution in [3.05, 3.63) is 0 Å². The number of piperidine rings is 1. The van der Waals surface area contributed by atoms with Crippen LogP contribution < -0.4 is 5.32 Å². The highest BCUT2D eigenvalue weighted by Crippen LogP contribution is 2.31. The molecule has 2 fully saturated rings. The molecule has 0 aromatic rings. The molecule has 0 radical (unpaired) electrons. The van der Waals surface area contributed by atoms with Gasteiger partial charge in [-0.1, -0.05) is 0 Å². The van der Waals surface area contributed by atoms with Crippen molar-refractivity contribution in [3.8, 4) is 0 Å². The average molecular weight is 313 g/mol. The quantitative estimate of drug-likeness (QED) is 0.825. The molecule has 2 rings (SSSR count). The van der Waals surface area contributed by atoms with E-state index in [0.717, 1.165) is 45.7 Å². The van der Waals surface area contributed by atoms with Crippen LogP contribution in [0.5, 0.6) is 0 Å². The lowest BCUT2D eigenvalue weighted by atomic mass is 9.79. The zero-order chi connectivity index (χ0) is 16.4. The van der Waals surface area contributed by atoms with Gasteiger partial charge in [0.1, 0.15) is 0 Å². The smallest absolute Gasteiger partial charge is 0.407 e. The monoisotopic (exact) mass is 313 g/mol. The van der Waals surface area contributed by atoms with Gasteiger partial charge in [0.05, 0.1) is 13.2 Å². The molecule has 1 amide bonds. The Morgan fingerprint density at radius 2 is 1.77 bits per heavy atom. The third-order valence-electron chi connectivity index (χ3n) is 4.62. The Kier molecular flexibility index (Phi) is 5.35. The molecule has 0 aromatic heterocycles. The van der Waals surface area contributed by atoms with E-state index in [9.17, 15) is 9.90 Å². The zero-order valence-electron chi connectivity index (χ0n) is 14.4. The van der Waals surface area contributed by atoms with Gasteiger partial charge in [0.15, 0.2) is 0 Å². The zero-order valence-corrected chi connectivity index (χ0v) is 14.4. The van der Waals surface area contributed by atoms with Gasteiger partial charge in [-0.05, 0) is 40.5 Å². The molecule has 0 aromatic carbocycles. The number of carbonyl (C=O) groups is 1. The molecule has 6 heteroatoms. The van der Waals surface area contributed by atoms with Gasteiger partial charge >= 0.3 is 6.09 Å². The first-order valence-electron chi connectivity index (χ1n) is 8.28. The van der Waals surface area contributed by atoms with Gasteiger partial charge in [-0.2, -0.15) is 0 Å². The molecule has 2 heterocycles. The Hall–Kier alpha value is -0.850. The molecule has 0 bridgehead atoms. The maximum atomic E-state index is 11.8. The average Bonchev–Trinajstić information content (AvgIpc) is 2.36. The SMILES string of the molecule is CC1(C)CC(N(CCN2CCOCC2)C(=O)O)CC(C)(C)N1.